The number of phosphoric acid groups is 1. The van der Waals surface area contributed by atoms with E-state index in [2.05, 4.69) is 12.1 Å². The molecule has 0 spiro atoms. The number of phosphoric ester groups is 1. The second-order valence-corrected chi connectivity index (χ2v) is 14.2. The second-order valence-electron chi connectivity index (χ2n) is 12.9. The van der Waals surface area contributed by atoms with Crippen LogP contribution < -0.4 is 14.4 Å². The van der Waals surface area contributed by atoms with Gasteiger partial charge in [0.05, 0.1) is 35.3 Å². The fourth-order valence-corrected chi connectivity index (χ4v) is 8.26. The molecule has 0 radical (unpaired) electrons. The molecule has 2 unspecified atom stereocenters. The van der Waals surface area contributed by atoms with Crippen molar-refractivity contribution >= 4 is 73.6 Å². The maximum absolute atomic E-state index is 14.1. The van der Waals surface area contributed by atoms with E-state index in [4.69, 9.17) is 18.5 Å². The first kappa shape index (κ1) is 45.5. The van der Waals surface area contributed by atoms with Gasteiger partial charge in [0, 0.05) is 37.1 Å². The third-order valence-electron chi connectivity index (χ3n) is 8.98. The molecule has 4 aliphatic rings. The van der Waals surface area contributed by atoms with Gasteiger partial charge in [0.2, 0.25) is 11.8 Å². The Labute approximate surface area is 321 Å². The number of nitrogens with zero attached hydrogens (tertiary/aromatic N) is 4. The summed E-state index contributed by atoms with van der Waals surface area (Å²) in [6.07, 6.45) is -0.724. The maximum Gasteiger partial charge on any atom is 0.268 e. The molecule has 12 nitrogen and oxygen atoms in total. The van der Waals surface area contributed by atoms with E-state index in [0.717, 1.165) is 0 Å². The molecule has 5 atom stereocenters. The second kappa shape index (κ2) is 16.9. The lowest BCUT2D eigenvalue weighted by molar-refractivity contribution is -0.253. The van der Waals surface area contributed by atoms with Crippen LogP contribution in [-0.4, -0.2) is 58.1 Å². The molecule has 0 bridgehead atoms. The normalized spacial score (nSPS) is 25.0. The van der Waals surface area contributed by atoms with E-state index in [1.54, 1.807) is 73.9 Å². The fraction of sp³-hybridized carbons (Fsp3) is 0.515. The fourth-order valence-electron chi connectivity index (χ4n) is 6.91. The number of nitriles is 2. The molecule has 4 heterocycles. The van der Waals surface area contributed by atoms with Gasteiger partial charge in [0.1, 0.15) is 34.9 Å². The summed E-state index contributed by atoms with van der Waals surface area (Å²) in [5.74, 6) is 0.509. The molecule has 0 aliphatic carbocycles. The van der Waals surface area contributed by atoms with Gasteiger partial charge in [-0.3, -0.25) is 14.2 Å². The van der Waals surface area contributed by atoms with Gasteiger partial charge in [0.15, 0.2) is 0 Å². The number of carbonyl (C=O) groups is 2. The van der Waals surface area contributed by atoms with Crippen LogP contribution in [0.2, 0.25) is 0 Å². The van der Waals surface area contributed by atoms with Gasteiger partial charge in [0.25, 0.3) is 7.82 Å². The van der Waals surface area contributed by atoms with Gasteiger partial charge >= 0.3 is 0 Å². The lowest BCUT2D eigenvalue weighted by atomic mass is 9.85. The Morgan fingerprint density at radius 3 is 1.42 bits per heavy atom. The largest absolute Gasteiger partial charge is 0.756 e. The van der Waals surface area contributed by atoms with Crippen molar-refractivity contribution in [2.75, 3.05) is 13.1 Å². The topological polar surface area (TPSA) is 165 Å². The highest BCUT2D eigenvalue weighted by Crippen LogP contribution is 2.56. The smallest absolute Gasteiger partial charge is 0.268 e. The van der Waals surface area contributed by atoms with Crippen LogP contribution in [0.1, 0.15) is 95.1 Å². The Morgan fingerprint density at radius 1 is 0.760 bits per heavy atom. The average Bonchev–Trinajstić information content (AvgIpc) is 3.60. The quantitative estimate of drug-likeness (QED) is 0.359. The molecule has 2 amide bonds. The molecule has 0 aromatic heterocycles. The summed E-state index contributed by atoms with van der Waals surface area (Å²) in [4.78, 5) is 43.3. The number of likely N-dealkylation sites (tertiary alicyclic amines) is 2. The van der Waals surface area contributed by atoms with E-state index in [0.29, 0.717) is 72.5 Å². The summed E-state index contributed by atoms with van der Waals surface area (Å²) in [6.45, 7) is 7.44. The van der Waals surface area contributed by atoms with Gasteiger partial charge in [-0.25, -0.2) is 0 Å². The number of hydrogen-bond acceptors (Lipinski definition) is 10. The van der Waals surface area contributed by atoms with E-state index in [1.165, 1.54) is 0 Å². The van der Waals surface area contributed by atoms with Crippen LogP contribution in [0, 0.1) is 22.7 Å². The van der Waals surface area contributed by atoms with E-state index in [1.807, 2.05) is 0 Å². The maximum atomic E-state index is 14.1. The number of carbonyl (C=O) groups excluding carboxylic acids is 2. The van der Waals surface area contributed by atoms with Crippen molar-refractivity contribution in [1.29, 1.82) is 10.5 Å². The first-order valence-electron chi connectivity index (χ1n) is 15.0. The first-order chi connectivity index (χ1) is 21.2. The Balaban J connectivity index is 0.00000250. The van der Waals surface area contributed by atoms with Crippen molar-refractivity contribution in [3.63, 3.8) is 0 Å². The molecule has 0 saturated carbocycles. The van der Waals surface area contributed by atoms with Crippen LogP contribution >= 0.6 is 61.8 Å². The van der Waals surface area contributed by atoms with Crippen LogP contribution in [-0.2, 0) is 23.2 Å². The predicted octanol–water partition coefficient (Wildman–Crippen LogP) is 5.13. The standard InChI is InChI=1S/C32H35N4O8P.CH4.4H2S/c1-31(2)29(27(35-13-5-7-25(35)37)21-15-19(17-33)9-11-23(21)41-31)43-45(39,40)44-30-28(36-14-6-8-26(36)38)22-16-20(18-34)10-12-24(22)42-32(30,3)4;;;;;/h9-12,15-16,27-30H,5-8,13-14H2,1-4H3,(H,39,40);1H4;4*1H2/p-1/t27-,28?,29-,30-;;;;;/m0...../s1. The summed E-state index contributed by atoms with van der Waals surface area (Å²) in [5, 5.41) is 19.2. The summed E-state index contributed by atoms with van der Waals surface area (Å²) in [7, 11) is -5.26. The van der Waals surface area contributed by atoms with Crippen LogP contribution in [0.25, 0.3) is 0 Å². The minimum Gasteiger partial charge on any atom is -0.756 e. The minimum atomic E-state index is -5.26. The van der Waals surface area contributed by atoms with Crippen molar-refractivity contribution in [3.8, 4) is 23.6 Å². The van der Waals surface area contributed by atoms with Crippen molar-refractivity contribution < 1.29 is 37.6 Å². The molecule has 6 rings (SSSR count). The Morgan fingerprint density at radius 2 is 1.12 bits per heavy atom. The molecule has 17 heteroatoms. The van der Waals surface area contributed by atoms with E-state index >= 15 is 0 Å². The van der Waals surface area contributed by atoms with Crippen LogP contribution in [0.4, 0.5) is 0 Å². The number of fused-ring (bicyclic) bond motifs is 2. The highest BCUT2D eigenvalue weighted by Gasteiger charge is 2.54. The zero-order chi connectivity index (χ0) is 32.3. The third kappa shape index (κ3) is 8.40. The minimum absolute atomic E-state index is 0. The number of ether oxygens (including phenoxy) is 2. The summed E-state index contributed by atoms with van der Waals surface area (Å²) in [6, 6.07) is 12.1. The lowest BCUT2D eigenvalue weighted by Crippen LogP contribution is -2.57. The van der Waals surface area contributed by atoms with Crippen LogP contribution in [0.3, 0.4) is 0 Å². The zero-order valence-corrected chi connectivity index (χ0v) is 32.4. The molecule has 2 aromatic carbocycles. The molecule has 2 saturated heterocycles. The highest BCUT2D eigenvalue weighted by molar-refractivity contribution is 7.59. The Kier molecular flexibility index (Phi) is 15.3. The number of rotatable bonds is 6. The SMILES string of the molecule is C.CC1(C)Oc2ccc(C#N)cc2C(N2CCCC2=O)[C@@H]1OP(=O)([O-])O[C@H]1[C@@H](N2CCCC2=O)c2cc(C#N)ccc2OC1(C)C.S.S.S.S. The zero-order valence-electron chi connectivity index (χ0n) is 27.5. The molecule has 2 fully saturated rings. The molecule has 50 heavy (non-hydrogen) atoms. The summed E-state index contributed by atoms with van der Waals surface area (Å²) < 4.78 is 38.4. The van der Waals surface area contributed by atoms with Gasteiger partial charge in [-0.05, 0) is 76.9 Å². The van der Waals surface area contributed by atoms with Crippen molar-refractivity contribution in [1.82, 2.24) is 9.80 Å². The summed E-state index contributed by atoms with van der Waals surface area (Å²) in [5.41, 5.74) is -0.931. The molecule has 4 aliphatic heterocycles. The molecule has 276 valence electrons. The number of benzene rings is 2. The predicted molar refractivity (Wildman–Crippen MR) is 205 cm³/mol. The van der Waals surface area contributed by atoms with Crippen molar-refractivity contribution in [2.45, 2.75) is 96.3 Å². The molecular weight excluding hydrogens is 740 g/mol. The van der Waals surface area contributed by atoms with Crippen LogP contribution in [0.15, 0.2) is 36.4 Å². The van der Waals surface area contributed by atoms with Crippen molar-refractivity contribution in [2.24, 2.45) is 0 Å². The summed E-state index contributed by atoms with van der Waals surface area (Å²) >= 11 is 0. The average molecular weight is 786 g/mol. The Hall–Kier alpha value is -2.53. The molecule has 0 N–H and O–H groups in total. The Bertz CT molecular complexity index is 1600. The monoisotopic (exact) mass is 785 g/mol. The molecule has 2 aromatic rings. The van der Waals surface area contributed by atoms with Gasteiger partial charge in [-0.15, -0.1) is 0 Å². The van der Waals surface area contributed by atoms with E-state index < -0.39 is 43.3 Å². The van der Waals surface area contributed by atoms with Crippen LogP contribution in [0.5, 0.6) is 11.5 Å². The number of amides is 2. The van der Waals surface area contributed by atoms with E-state index in [9.17, 15) is 29.6 Å². The third-order valence-corrected chi connectivity index (χ3v) is 9.95. The van der Waals surface area contributed by atoms with Gasteiger partial charge in [-0.2, -0.15) is 64.5 Å². The van der Waals surface area contributed by atoms with Crippen molar-refractivity contribution in [3.05, 3.63) is 58.7 Å². The van der Waals surface area contributed by atoms with Gasteiger partial charge < -0.3 is 33.2 Å². The molecular formula is C33H46N4O8PS4-. The number of hydrogen-bond donors (Lipinski definition) is 0. The first-order valence-corrected chi connectivity index (χ1v) is 16.4. The lowest BCUT2D eigenvalue weighted by Gasteiger charge is -2.51. The van der Waals surface area contributed by atoms with Gasteiger partial charge in [-0.1, -0.05) is 7.43 Å². The highest BCUT2D eigenvalue weighted by atomic mass is 32.1. The van der Waals surface area contributed by atoms with E-state index in [-0.39, 0.29) is 73.2 Å².